The molecule has 3 saturated heterocycles. The molecule has 0 unspecified atom stereocenters. The molecule has 7 heteroatoms. The molecule has 194 valence electrons. The van der Waals surface area contributed by atoms with Crippen molar-refractivity contribution in [3.63, 3.8) is 0 Å². The van der Waals surface area contributed by atoms with Gasteiger partial charge in [0, 0.05) is 31.8 Å². The standard InChI is InChI=1S/C31H30N2O5/c1-36-31-19-24-23(29(34)32(30(24)35)22-15-9-4-10-16-22)17-25(31)28(21-13-7-3-8-14-21)26-18-27(37-33(26)38-31)20-11-5-2-6-12-20/h2-16,23-28H,17-19H2,1H3/t23-,24+,25+,26-,27-,28+,31+/m0/s1. The summed E-state index contributed by atoms with van der Waals surface area (Å²) in [5.41, 5.74) is 2.86. The smallest absolute Gasteiger partial charge is 0.237 e. The number of amides is 2. The highest BCUT2D eigenvalue weighted by atomic mass is 17.0. The summed E-state index contributed by atoms with van der Waals surface area (Å²) in [5.74, 6) is -2.48. The third-order valence-electron chi connectivity index (χ3n) is 8.90. The van der Waals surface area contributed by atoms with Gasteiger partial charge in [0.15, 0.2) is 5.79 Å². The molecule has 0 spiro atoms. The molecule has 2 amide bonds. The molecule has 4 aliphatic rings. The number of benzene rings is 3. The number of carbonyl (C=O) groups excluding carboxylic acids is 2. The van der Waals surface area contributed by atoms with Gasteiger partial charge in [0.2, 0.25) is 11.8 Å². The van der Waals surface area contributed by atoms with Crippen molar-refractivity contribution in [2.45, 2.75) is 43.1 Å². The molecule has 7 rings (SSSR count). The Bertz CT molecular complexity index is 1340. The van der Waals surface area contributed by atoms with Crippen LogP contribution in [0.2, 0.25) is 0 Å². The molecule has 3 aromatic rings. The SMILES string of the molecule is CO[C@@]12C[C@H]3C(=O)N(c4ccccc4)C(=O)[C@H]3C[C@@H]1[C@@H](c1ccccc1)[C@@H]1C[C@@H](c3ccccc3)ON1O2. The van der Waals surface area contributed by atoms with E-state index in [9.17, 15) is 9.59 Å². The molecule has 3 aliphatic heterocycles. The van der Waals surface area contributed by atoms with E-state index >= 15 is 0 Å². The molecule has 3 aromatic carbocycles. The Balaban J connectivity index is 1.28. The molecular formula is C31H30N2O5. The third-order valence-corrected chi connectivity index (χ3v) is 8.90. The summed E-state index contributed by atoms with van der Waals surface area (Å²) in [7, 11) is 1.64. The van der Waals surface area contributed by atoms with Gasteiger partial charge < -0.3 is 4.74 Å². The molecule has 3 heterocycles. The molecule has 0 radical (unpaired) electrons. The lowest BCUT2D eigenvalue weighted by molar-refractivity contribution is -0.493. The van der Waals surface area contributed by atoms with Crippen molar-refractivity contribution in [1.29, 1.82) is 0 Å². The predicted octanol–water partition coefficient (Wildman–Crippen LogP) is 5.02. The van der Waals surface area contributed by atoms with Gasteiger partial charge in [-0.15, -0.1) is 0 Å². The molecule has 7 nitrogen and oxygen atoms in total. The normalized spacial score (nSPS) is 34.6. The van der Waals surface area contributed by atoms with Crippen molar-refractivity contribution in [3.8, 4) is 0 Å². The average molecular weight is 511 g/mol. The maximum absolute atomic E-state index is 13.7. The summed E-state index contributed by atoms with van der Waals surface area (Å²) in [6.45, 7) is 0. The highest BCUT2D eigenvalue weighted by Gasteiger charge is 2.66. The van der Waals surface area contributed by atoms with Crippen LogP contribution in [0.1, 0.15) is 42.4 Å². The molecule has 1 aliphatic carbocycles. The van der Waals surface area contributed by atoms with Crippen molar-refractivity contribution in [2.75, 3.05) is 12.0 Å². The van der Waals surface area contributed by atoms with Crippen LogP contribution in [-0.2, 0) is 24.0 Å². The Morgan fingerprint density at radius 2 is 1.39 bits per heavy atom. The molecule has 1 saturated carbocycles. The second kappa shape index (κ2) is 9.13. The Kier molecular flexibility index (Phi) is 5.70. The lowest BCUT2D eigenvalue weighted by Gasteiger charge is -2.54. The zero-order chi connectivity index (χ0) is 25.9. The van der Waals surface area contributed by atoms with E-state index in [4.69, 9.17) is 14.4 Å². The summed E-state index contributed by atoms with van der Waals surface area (Å²) >= 11 is 0. The molecule has 0 bridgehead atoms. The first kappa shape index (κ1) is 23.7. The number of methoxy groups -OCH3 is 1. The first-order valence-electron chi connectivity index (χ1n) is 13.3. The second-order valence-electron chi connectivity index (χ2n) is 10.7. The predicted molar refractivity (Wildman–Crippen MR) is 139 cm³/mol. The lowest BCUT2D eigenvalue weighted by atomic mass is 9.63. The van der Waals surface area contributed by atoms with E-state index in [1.807, 2.05) is 66.7 Å². The Morgan fingerprint density at radius 3 is 2.05 bits per heavy atom. The molecule has 38 heavy (non-hydrogen) atoms. The fourth-order valence-electron chi connectivity index (χ4n) is 7.15. The average Bonchev–Trinajstić information content (AvgIpc) is 3.49. The monoisotopic (exact) mass is 510 g/mol. The number of nitrogens with zero attached hydrogens (tertiary/aromatic N) is 2. The van der Waals surface area contributed by atoms with Gasteiger partial charge in [-0.1, -0.05) is 84.1 Å². The molecular weight excluding hydrogens is 480 g/mol. The van der Waals surface area contributed by atoms with Crippen molar-refractivity contribution in [3.05, 3.63) is 102 Å². The van der Waals surface area contributed by atoms with E-state index in [0.29, 0.717) is 18.5 Å². The number of ether oxygens (including phenoxy) is 1. The Labute approximate surface area is 221 Å². The van der Waals surface area contributed by atoms with Crippen LogP contribution in [0.4, 0.5) is 5.69 Å². The van der Waals surface area contributed by atoms with Gasteiger partial charge in [-0.2, -0.15) is 0 Å². The molecule has 7 atom stereocenters. The minimum absolute atomic E-state index is 0.00626. The quantitative estimate of drug-likeness (QED) is 0.459. The first-order chi connectivity index (χ1) is 18.6. The van der Waals surface area contributed by atoms with E-state index in [2.05, 4.69) is 24.3 Å². The zero-order valence-corrected chi connectivity index (χ0v) is 21.2. The highest BCUT2D eigenvalue weighted by molar-refractivity contribution is 6.22. The van der Waals surface area contributed by atoms with E-state index in [1.165, 1.54) is 4.90 Å². The summed E-state index contributed by atoms with van der Waals surface area (Å²) in [5, 5.41) is 1.63. The van der Waals surface area contributed by atoms with Gasteiger partial charge in [0.05, 0.1) is 23.6 Å². The number of carbonyl (C=O) groups is 2. The third kappa shape index (κ3) is 3.57. The second-order valence-corrected chi connectivity index (χ2v) is 10.7. The van der Waals surface area contributed by atoms with Gasteiger partial charge in [-0.25, -0.2) is 4.84 Å². The molecule has 0 aromatic heterocycles. The summed E-state index contributed by atoms with van der Waals surface area (Å²) in [6, 6.07) is 29.6. The summed E-state index contributed by atoms with van der Waals surface area (Å²) in [4.78, 5) is 41.7. The van der Waals surface area contributed by atoms with E-state index in [1.54, 1.807) is 12.3 Å². The first-order valence-corrected chi connectivity index (χ1v) is 13.3. The van der Waals surface area contributed by atoms with Crippen LogP contribution >= 0.6 is 0 Å². The number of hydrogen-bond donors (Lipinski definition) is 0. The maximum atomic E-state index is 13.7. The number of rotatable bonds is 4. The zero-order valence-electron chi connectivity index (χ0n) is 21.2. The van der Waals surface area contributed by atoms with Crippen LogP contribution in [0.3, 0.4) is 0 Å². The number of para-hydroxylation sites is 1. The summed E-state index contributed by atoms with van der Waals surface area (Å²) < 4.78 is 6.19. The number of fused-ring (bicyclic) bond motifs is 3. The lowest BCUT2D eigenvalue weighted by Crippen LogP contribution is -2.62. The highest BCUT2D eigenvalue weighted by Crippen LogP contribution is 2.59. The minimum atomic E-state index is -1.09. The van der Waals surface area contributed by atoms with Crippen LogP contribution in [0.5, 0.6) is 0 Å². The van der Waals surface area contributed by atoms with Crippen molar-refractivity contribution in [2.24, 2.45) is 17.8 Å². The fraction of sp³-hybridized carbons (Fsp3) is 0.355. The Hall–Kier alpha value is -3.36. The van der Waals surface area contributed by atoms with Gasteiger partial charge in [-0.3, -0.25) is 19.3 Å². The van der Waals surface area contributed by atoms with Gasteiger partial charge in [0.1, 0.15) is 6.10 Å². The molecule has 0 N–H and O–H groups in total. The van der Waals surface area contributed by atoms with Crippen LogP contribution in [0.25, 0.3) is 0 Å². The van der Waals surface area contributed by atoms with Gasteiger partial charge in [0.25, 0.3) is 0 Å². The Morgan fingerprint density at radius 1 is 0.789 bits per heavy atom. The van der Waals surface area contributed by atoms with E-state index in [0.717, 1.165) is 17.5 Å². The molecule has 4 fully saturated rings. The summed E-state index contributed by atoms with van der Waals surface area (Å²) in [6.07, 6.45) is 1.39. The van der Waals surface area contributed by atoms with Crippen molar-refractivity contribution < 1.29 is 24.0 Å². The number of hydroxylamine groups is 2. The van der Waals surface area contributed by atoms with Crippen molar-refractivity contribution >= 4 is 17.5 Å². The number of hydrogen-bond acceptors (Lipinski definition) is 6. The van der Waals surface area contributed by atoms with Crippen LogP contribution in [-0.4, -0.2) is 36.0 Å². The minimum Gasteiger partial charge on any atom is -0.351 e. The van der Waals surface area contributed by atoms with Gasteiger partial charge >= 0.3 is 0 Å². The maximum Gasteiger partial charge on any atom is 0.237 e. The van der Waals surface area contributed by atoms with Crippen molar-refractivity contribution in [1.82, 2.24) is 5.23 Å². The fourth-order valence-corrected chi connectivity index (χ4v) is 7.15. The largest absolute Gasteiger partial charge is 0.351 e. The van der Waals surface area contributed by atoms with Crippen LogP contribution in [0.15, 0.2) is 91.0 Å². The van der Waals surface area contributed by atoms with E-state index in [-0.39, 0.29) is 35.8 Å². The number of anilines is 1. The van der Waals surface area contributed by atoms with Crippen LogP contribution in [0, 0.1) is 17.8 Å². The van der Waals surface area contributed by atoms with Crippen LogP contribution < -0.4 is 4.90 Å². The number of imide groups is 1. The van der Waals surface area contributed by atoms with Gasteiger partial charge in [-0.05, 0) is 29.7 Å². The van der Waals surface area contributed by atoms with E-state index < -0.39 is 17.6 Å². The topological polar surface area (TPSA) is 68.3 Å².